The first-order valence-electron chi connectivity index (χ1n) is 12.4. The molecule has 0 N–H and O–H groups in total. The second-order valence-electron chi connectivity index (χ2n) is 8.38. The van der Waals surface area contributed by atoms with Gasteiger partial charge in [-0.05, 0) is 55.2 Å². The molecule has 3 rings (SSSR count). The number of ether oxygens (including phenoxy) is 2. The van der Waals surface area contributed by atoms with E-state index in [1.807, 2.05) is 92.7 Å². The maximum atomic E-state index is 12.8. The molecule has 192 valence electrons. The zero-order chi connectivity index (χ0) is 25.6. The quantitative estimate of drug-likeness (QED) is 0.126. The van der Waals surface area contributed by atoms with Gasteiger partial charge in [0.1, 0.15) is 37.5 Å². The molecule has 36 heavy (non-hydrogen) atoms. The number of benzene rings is 3. The molecular weight excluding hydrogens is 473 g/mol. The van der Waals surface area contributed by atoms with Gasteiger partial charge in [0.15, 0.2) is 0 Å². The van der Waals surface area contributed by atoms with Gasteiger partial charge in [-0.15, -0.1) is 0 Å². The minimum Gasteiger partial charge on any atom is -0.489 e. The molecular formula is C29H36NO5P. The lowest BCUT2D eigenvalue weighted by atomic mass is 10.1. The third-order valence-electron chi connectivity index (χ3n) is 5.61. The van der Waals surface area contributed by atoms with Crippen molar-refractivity contribution in [3.8, 4) is 11.5 Å². The second kappa shape index (κ2) is 14.5. The molecule has 0 aliphatic heterocycles. The molecule has 0 saturated heterocycles. The molecule has 3 aromatic carbocycles. The first-order valence-corrected chi connectivity index (χ1v) is 14.4. The normalized spacial score (nSPS) is 13.1. The van der Waals surface area contributed by atoms with Crippen molar-refractivity contribution in [1.29, 1.82) is 0 Å². The van der Waals surface area contributed by atoms with Crippen molar-refractivity contribution in [2.75, 3.05) is 32.6 Å². The van der Waals surface area contributed by atoms with Gasteiger partial charge < -0.3 is 18.8 Å². The summed E-state index contributed by atoms with van der Waals surface area (Å²) in [7, 11) is -1.01. The smallest absolute Gasteiger partial charge is 0.203 e. The minimum atomic E-state index is -2.54. The van der Waals surface area contributed by atoms with Crippen molar-refractivity contribution in [3.05, 3.63) is 95.6 Å². The van der Waals surface area contributed by atoms with Crippen LogP contribution in [0.25, 0.3) is 0 Å². The highest BCUT2D eigenvalue weighted by molar-refractivity contribution is 7.58. The number of aryl methyl sites for hydroxylation is 1. The fraction of sp³-hybridized carbons (Fsp3) is 0.345. The molecule has 0 fully saturated rings. The summed E-state index contributed by atoms with van der Waals surface area (Å²) in [6.07, 6.45) is 2.82. The molecule has 0 heterocycles. The molecule has 1 atom stereocenters. The molecule has 3 aromatic rings. The highest BCUT2D eigenvalue weighted by Gasteiger charge is 2.21. The Morgan fingerprint density at radius 1 is 0.806 bits per heavy atom. The Labute approximate surface area is 214 Å². The summed E-state index contributed by atoms with van der Waals surface area (Å²) in [5, 5.41) is 4.09. The van der Waals surface area contributed by atoms with Crippen molar-refractivity contribution in [1.82, 2.24) is 0 Å². The van der Waals surface area contributed by atoms with Crippen LogP contribution in [0.3, 0.4) is 0 Å². The van der Waals surface area contributed by atoms with Crippen LogP contribution in [0.5, 0.6) is 11.5 Å². The van der Waals surface area contributed by atoms with Crippen molar-refractivity contribution in [3.63, 3.8) is 0 Å². The maximum Gasteiger partial charge on any atom is 0.203 e. The van der Waals surface area contributed by atoms with Crippen LogP contribution in [0, 0.1) is 0 Å². The van der Waals surface area contributed by atoms with E-state index in [0.717, 1.165) is 46.7 Å². The zero-order valence-corrected chi connectivity index (χ0v) is 22.3. The molecule has 0 aromatic heterocycles. The topological polar surface area (TPSA) is 66.4 Å². The molecule has 0 radical (unpaired) electrons. The fourth-order valence-corrected chi connectivity index (χ4v) is 6.00. The van der Waals surface area contributed by atoms with Crippen molar-refractivity contribution in [2.24, 2.45) is 5.16 Å². The van der Waals surface area contributed by atoms with Crippen LogP contribution in [-0.2, 0) is 27.0 Å². The van der Waals surface area contributed by atoms with Gasteiger partial charge in [-0.1, -0.05) is 66.7 Å². The molecule has 0 aliphatic carbocycles. The Balaban J connectivity index is 1.47. The van der Waals surface area contributed by atoms with E-state index in [9.17, 15) is 4.57 Å². The fourth-order valence-electron chi connectivity index (χ4n) is 3.77. The minimum absolute atomic E-state index is 0.304. The summed E-state index contributed by atoms with van der Waals surface area (Å²) >= 11 is 0. The van der Waals surface area contributed by atoms with Crippen LogP contribution in [0.2, 0.25) is 0 Å². The highest BCUT2D eigenvalue weighted by Crippen LogP contribution is 2.47. The van der Waals surface area contributed by atoms with E-state index in [-0.39, 0.29) is 0 Å². The Morgan fingerprint density at radius 2 is 1.44 bits per heavy atom. The molecule has 6 nitrogen and oxygen atoms in total. The molecule has 0 saturated carbocycles. The summed E-state index contributed by atoms with van der Waals surface area (Å²) in [5.41, 5.74) is 3.85. The average molecular weight is 510 g/mol. The molecule has 0 aliphatic rings. The molecule has 7 heteroatoms. The van der Waals surface area contributed by atoms with Gasteiger partial charge >= 0.3 is 0 Å². The van der Waals surface area contributed by atoms with Crippen molar-refractivity contribution < 1.29 is 23.4 Å². The monoisotopic (exact) mass is 509 g/mol. The van der Waals surface area contributed by atoms with Gasteiger partial charge in [0.25, 0.3) is 0 Å². The van der Waals surface area contributed by atoms with Gasteiger partial charge in [0.05, 0.1) is 6.61 Å². The number of rotatable bonds is 15. The van der Waals surface area contributed by atoms with E-state index < -0.39 is 7.37 Å². The van der Waals surface area contributed by atoms with Crippen LogP contribution < -0.4 is 9.47 Å². The Kier molecular flexibility index (Phi) is 11.1. The largest absolute Gasteiger partial charge is 0.489 e. The van der Waals surface area contributed by atoms with E-state index in [0.29, 0.717) is 32.1 Å². The maximum absolute atomic E-state index is 12.8. The van der Waals surface area contributed by atoms with Gasteiger partial charge in [-0.2, -0.15) is 0 Å². The Bertz CT molecular complexity index is 1100. The third-order valence-corrected chi connectivity index (χ3v) is 8.37. The van der Waals surface area contributed by atoms with E-state index in [2.05, 4.69) is 5.16 Å². The highest BCUT2D eigenvalue weighted by atomic mass is 31.2. The van der Waals surface area contributed by atoms with Gasteiger partial charge in [-0.25, -0.2) is 0 Å². The number of oxime groups is 1. The van der Waals surface area contributed by atoms with Gasteiger partial charge in [-0.3, -0.25) is 4.57 Å². The molecule has 0 spiro atoms. The van der Waals surface area contributed by atoms with E-state index in [4.69, 9.17) is 18.8 Å². The summed E-state index contributed by atoms with van der Waals surface area (Å²) in [4.78, 5) is 4.97. The Hall–Kier alpha value is -3.08. The number of nitrogens with zero attached hydrogens (tertiary/aromatic N) is 1. The first-order chi connectivity index (χ1) is 17.5. The van der Waals surface area contributed by atoms with E-state index in [1.54, 1.807) is 0 Å². The molecule has 0 bridgehead atoms. The SMILES string of the molecule is CCCP(=O)(CCc1ccc(OCc2ccc(OC/C(=N\OC)c3ccccc3)cc2)cc1)OCC. The summed E-state index contributed by atoms with van der Waals surface area (Å²) in [6.45, 7) is 5.19. The van der Waals surface area contributed by atoms with E-state index in [1.165, 1.54) is 7.11 Å². The van der Waals surface area contributed by atoms with Crippen LogP contribution in [-0.4, -0.2) is 38.4 Å². The lowest BCUT2D eigenvalue weighted by molar-refractivity contribution is 0.210. The molecule has 0 amide bonds. The lowest BCUT2D eigenvalue weighted by Crippen LogP contribution is -2.13. The summed E-state index contributed by atoms with van der Waals surface area (Å²) < 4.78 is 30.3. The zero-order valence-electron chi connectivity index (χ0n) is 21.4. The molecule has 1 unspecified atom stereocenters. The lowest BCUT2D eigenvalue weighted by Gasteiger charge is -2.17. The predicted octanol–water partition coefficient (Wildman–Crippen LogP) is 6.96. The van der Waals surface area contributed by atoms with Crippen LogP contribution in [0.15, 0.2) is 84.0 Å². The summed E-state index contributed by atoms with van der Waals surface area (Å²) in [5.74, 6) is 1.54. The standard InChI is InChI=1S/C29H36NO5P/c1-4-20-36(31,35-5-2)21-19-24-11-15-27(16-12-24)33-22-25-13-17-28(18-14-25)34-23-29(30-32-3)26-9-7-6-8-10-26/h6-18H,4-5,19-23H2,1-3H3/b30-29+. The predicted molar refractivity (Wildman–Crippen MR) is 146 cm³/mol. The second-order valence-corrected chi connectivity index (χ2v) is 11.2. The van der Waals surface area contributed by atoms with Crippen molar-refractivity contribution >= 4 is 13.1 Å². The van der Waals surface area contributed by atoms with Gasteiger partial charge in [0.2, 0.25) is 7.37 Å². The summed E-state index contributed by atoms with van der Waals surface area (Å²) in [6, 6.07) is 25.6. The van der Waals surface area contributed by atoms with Gasteiger partial charge in [0, 0.05) is 17.9 Å². The average Bonchev–Trinajstić information content (AvgIpc) is 2.91. The van der Waals surface area contributed by atoms with Crippen LogP contribution in [0.4, 0.5) is 0 Å². The third kappa shape index (κ3) is 8.85. The number of hydrogen-bond acceptors (Lipinski definition) is 6. The van der Waals surface area contributed by atoms with E-state index >= 15 is 0 Å². The number of hydrogen-bond donors (Lipinski definition) is 0. The Morgan fingerprint density at radius 3 is 2.06 bits per heavy atom. The van der Waals surface area contributed by atoms with Crippen LogP contribution >= 0.6 is 7.37 Å². The van der Waals surface area contributed by atoms with Crippen LogP contribution in [0.1, 0.15) is 37.0 Å². The first kappa shape index (κ1) is 27.5. The van der Waals surface area contributed by atoms with Crippen molar-refractivity contribution in [2.45, 2.75) is 33.3 Å².